The van der Waals surface area contributed by atoms with Gasteiger partial charge in [-0.25, -0.2) is 4.98 Å². The van der Waals surface area contributed by atoms with E-state index in [1.165, 1.54) is 0 Å². The van der Waals surface area contributed by atoms with E-state index in [0.29, 0.717) is 5.92 Å². The zero-order chi connectivity index (χ0) is 14.0. The third-order valence-corrected chi connectivity index (χ3v) is 4.51. The second-order valence-electron chi connectivity index (χ2n) is 6.01. The molecule has 0 saturated heterocycles. The Labute approximate surface area is 115 Å². The Morgan fingerprint density at radius 3 is 2.89 bits per heavy atom. The molecule has 1 aliphatic rings. The van der Waals surface area contributed by atoms with Crippen molar-refractivity contribution in [3.05, 3.63) is 18.2 Å². The standard InChI is InChI=1S/C15H23N3O/c1-4-12-5-6-15(7-12,9-16)14(19)13-8-17-10-18(13)11(2)3/h8,10-12,14,19H,4-7H2,1-3H3. The van der Waals surface area contributed by atoms with Gasteiger partial charge in [0.2, 0.25) is 0 Å². The lowest BCUT2D eigenvalue weighted by Crippen LogP contribution is -2.27. The summed E-state index contributed by atoms with van der Waals surface area (Å²) in [6.45, 7) is 6.27. The van der Waals surface area contributed by atoms with Crippen LogP contribution in [-0.2, 0) is 0 Å². The fourth-order valence-corrected chi connectivity index (χ4v) is 3.18. The Morgan fingerprint density at radius 2 is 2.37 bits per heavy atom. The highest BCUT2D eigenvalue weighted by atomic mass is 16.3. The third kappa shape index (κ3) is 2.40. The van der Waals surface area contributed by atoms with Crippen molar-refractivity contribution in [1.82, 2.24) is 9.55 Å². The molecule has 1 aromatic rings. The van der Waals surface area contributed by atoms with Gasteiger partial charge in [-0.3, -0.25) is 0 Å². The van der Waals surface area contributed by atoms with Crippen LogP contribution >= 0.6 is 0 Å². The van der Waals surface area contributed by atoms with Crippen LogP contribution in [0.15, 0.2) is 12.5 Å². The van der Waals surface area contributed by atoms with Crippen LogP contribution in [0.5, 0.6) is 0 Å². The van der Waals surface area contributed by atoms with E-state index >= 15 is 0 Å². The molecule has 3 unspecified atom stereocenters. The van der Waals surface area contributed by atoms with Crippen molar-refractivity contribution in [2.75, 3.05) is 0 Å². The van der Waals surface area contributed by atoms with E-state index in [1.807, 2.05) is 4.57 Å². The van der Waals surface area contributed by atoms with E-state index in [2.05, 4.69) is 31.8 Å². The van der Waals surface area contributed by atoms with E-state index in [9.17, 15) is 10.4 Å². The molecular formula is C15H23N3O. The molecule has 1 saturated carbocycles. The highest BCUT2D eigenvalue weighted by Crippen LogP contribution is 2.50. The molecule has 1 heterocycles. The number of rotatable bonds is 4. The smallest absolute Gasteiger partial charge is 0.114 e. The maximum absolute atomic E-state index is 10.7. The minimum atomic E-state index is -0.737. The number of imidazole rings is 1. The second kappa shape index (κ2) is 5.34. The van der Waals surface area contributed by atoms with Crippen LogP contribution in [0, 0.1) is 22.7 Å². The molecule has 19 heavy (non-hydrogen) atoms. The van der Waals surface area contributed by atoms with Crippen molar-refractivity contribution in [1.29, 1.82) is 5.26 Å². The number of nitriles is 1. The van der Waals surface area contributed by atoms with Crippen molar-refractivity contribution >= 4 is 0 Å². The van der Waals surface area contributed by atoms with Crippen molar-refractivity contribution < 1.29 is 5.11 Å². The predicted octanol–water partition coefficient (Wildman–Crippen LogP) is 3.22. The molecule has 1 fully saturated rings. The Hall–Kier alpha value is -1.34. The molecule has 3 atom stereocenters. The summed E-state index contributed by atoms with van der Waals surface area (Å²) in [4.78, 5) is 4.13. The fraction of sp³-hybridized carbons (Fsp3) is 0.733. The predicted molar refractivity (Wildman–Crippen MR) is 73.2 cm³/mol. The monoisotopic (exact) mass is 261 g/mol. The molecule has 0 amide bonds. The van der Waals surface area contributed by atoms with Gasteiger partial charge < -0.3 is 9.67 Å². The van der Waals surface area contributed by atoms with E-state index in [4.69, 9.17) is 0 Å². The Bertz CT molecular complexity index is 474. The van der Waals surface area contributed by atoms with Crippen molar-refractivity contribution in [3.63, 3.8) is 0 Å². The average molecular weight is 261 g/mol. The first-order valence-corrected chi connectivity index (χ1v) is 7.15. The van der Waals surface area contributed by atoms with Crippen LogP contribution < -0.4 is 0 Å². The number of aliphatic hydroxyl groups is 1. The molecule has 0 bridgehead atoms. The zero-order valence-electron chi connectivity index (χ0n) is 12.0. The zero-order valence-corrected chi connectivity index (χ0v) is 12.0. The lowest BCUT2D eigenvalue weighted by Gasteiger charge is -2.28. The highest BCUT2D eigenvalue weighted by molar-refractivity contribution is 5.17. The van der Waals surface area contributed by atoms with Gasteiger partial charge in [0.1, 0.15) is 6.10 Å². The quantitative estimate of drug-likeness (QED) is 0.905. The van der Waals surface area contributed by atoms with E-state index in [0.717, 1.165) is 31.4 Å². The molecular weight excluding hydrogens is 238 g/mol. The van der Waals surface area contributed by atoms with Crippen molar-refractivity contribution in [3.8, 4) is 6.07 Å². The lowest BCUT2D eigenvalue weighted by molar-refractivity contribution is 0.0563. The molecule has 0 radical (unpaired) electrons. The molecule has 1 N–H and O–H groups in total. The first kappa shape index (κ1) is 14.1. The summed E-state index contributed by atoms with van der Waals surface area (Å²) < 4.78 is 1.96. The van der Waals surface area contributed by atoms with Crippen LogP contribution in [0.2, 0.25) is 0 Å². The number of hydrogen-bond acceptors (Lipinski definition) is 3. The normalized spacial score (nSPS) is 28.5. The van der Waals surface area contributed by atoms with Gasteiger partial charge in [-0.2, -0.15) is 5.26 Å². The maximum Gasteiger partial charge on any atom is 0.114 e. The third-order valence-electron chi connectivity index (χ3n) is 4.51. The van der Waals surface area contributed by atoms with Gasteiger partial charge in [0.15, 0.2) is 0 Å². The highest BCUT2D eigenvalue weighted by Gasteiger charge is 2.46. The number of aromatic nitrogens is 2. The molecule has 4 heteroatoms. The van der Waals surface area contributed by atoms with Crippen LogP contribution in [0.25, 0.3) is 0 Å². The van der Waals surface area contributed by atoms with Gasteiger partial charge in [0.25, 0.3) is 0 Å². The largest absolute Gasteiger partial charge is 0.385 e. The molecule has 0 aliphatic heterocycles. The number of aliphatic hydroxyl groups excluding tert-OH is 1. The van der Waals surface area contributed by atoms with Crippen LogP contribution in [-0.4, -0.2) is 14.7 Å². The van der Waals surface area contributed by atoms with Crippen molar-refractivity contribution in [2.45, 2.75) is 58.6 Å². The summed E-state index contributed by atoms with van der Waals surface area (Å²) in [7, 11) is 0. The summed E-state index contributed by atoms with van der Waals surface area (Å²) in [5, 5.41) is 20.3. The van der Waals surface area contributed by atoms with E-state index in [-0.39, 0.29) is 6.04 Å². The molecule has 4 nitrogen and oxygen atoms in total. The molecule has 1 aromatic heterocycles. The Balaban J connectivity index is 2.29. The van der Waals surface area contributed by atoms with Crippen LogP contribution in [0.3, 0.4) is 0 Å². The minimum Gasteiger partial charge on any atom is -0.385 e. The molecule has 0 spiro atoms. The van der Waals surface area contributed by atoms with Gasteiger partial charge in [-0.1, -0.05) is 13.3 Å². The summed E-state index contributed by atoms with van der Waals surface area (Å²) in [5.74, 6) is 0.560. The van der Waals surface area contributed by atoms with Gasteiger partial charge in [-0.05, 0) is 39.0 Å². The molecule has 1 aliphatic carbocycles. The summed E-state index contributed by atoms with van der Waals surface area (Å²) in [6.07, 6.45) is 6.40. The number of hydrogen-bond donors (Lipinski definition) is 1. The molecule has 0 aromatic carbocycles. The lowest BCUT2D eigenvalue weighted by atomic mass is 9.79. The fourth-order valence-electron chi connectivity index (χ4n) is 3.18. The Morgan fingerprint density at radius 1 is 1.63 bits per heavy atom. The van der Waals surface area contributed by atoms with E-state index < -0.39 is 11.5 Å². The summed E-state index contributed by atoms with van der Waals surface area (Å²) in [6, 6.07) is 2.65. The van der Waals surface area contributed by atoms with Crippen LogP contribution in [0.4, 0.5) is 0 Å². The number of nitrogens with zero attached hydrogens (tertiary/aromatic N) is 3. The van der Waals surface area contributed by atoms with Gasteiger partial charge in [-0.15, -0.1) is 0 Å². The molecule has 2 rings (SSSR count). The minimum absolute atomic E-state index is 0.242. The SMILES string of the molecule is CCC1CCC(C#N)(C(O)c2cncn2C(C)C)C1. The Kier molecular flexibility index (Phi) is 3.96. The topological polar surface area (TPSA) is 61.8 Å². The summed E-state index contributed by atoms with van der Waals surface area (Å²) >= 11 is 0. The first-order chi connectivity index (χ1) is 9.04. The first-order valence-electron chi connectivity index (χ1n) is 7.15. The van der Waals surface area contributed by atoms with Gasteiger partial charge in [0, 0.05) is 6.04 Å². The van der Waals surface area contributed by atoms with Gasteiger partial charge >= 0.3 is 0 Å². The molecule has 104 valence electrons. The van der Waals surface area contributed by atoms with Gasteiger partial charge in [0.05, 0.1) is 29.7 Å². The van der Waals surface area contributed by atoms with Crippen LogP contribution in [0.1, 0.15) is 64.3 Å². The van der Waals surface area contributed by atoms with E-state index in [1.54, 1.807) is 12.5 Å². The average Bonchev–Trinajstić information content (AvgIpc) is 3.05. The maximum atomic E-state index is 10.7. The second-order valence-corrected chi connectivity index (χ2v) is 6.01. The van der Waals surface area contributed by atoms with Crippen molar-refractivity contribution in [2.24, 2.45) is 11.3 Å². The summed E-state index contributed by atoms with van der Waals surface area (Å²) in [5.41, 5.74) is 0.140.